The van der Waals surface area contributed by atoms with Gasteiger partial charge in [-0.1, -0.05) is 23.7 Å². The molecule has 2 amide bonds. The third-order valence-electron chi connectivity index (χ3n) is 5.08. The van der Waals surface area contributed by atoms with Crippen molar-refractivity contribution in [3.05, 3.63) is 53.1 Å². The number of nitrogens with zero attached hydrogens (tertiary/aromatic N) is 1. The van der Waals surface area contributed by atoms with Crippen molar-refractivity contribution >= 4 is 50.8 Å². The van der Waals surface area contributed by atoms with Gasteiger partial charge in [-0.3, -0.25) is 14.5 Å². The molecule has 2 aromatic rings. The molecule has 9 nitrogen and oxygen atoms in total. The van der Waals surface area contributed by atoms with Crippen LogP contribution in [0.3, 0.4) is 0 Å². The van der Waals surface area contributed by atoms with Crippen molar-refractivity contribution in [2.24, 2.45) is 0 Å². The molecule has 0 radical (unpaired) electrons. The zero-order valence-corrected chi connectivity index (χ0v) is 19.4. The number of carbonyl (C=O) groups is 3. The Hall–Kier alpha value is -2.95. The Morgan fingerprint density at radius 3 is 2.50 bits per heavy atom. The number of esters is 1. The molecule has 1 heterocycles. The molecule has 1 aliphatic heterocycles. The number of benzene rings is 2. The third-order valence-corrected chi connectivity index (χ3v) is 6.98. The maximum Gasteiger partial charge on any atom is 0.338 e. The molecule has 0 saturated heterocycles. The number of amides is 2. The van der Waals surface area contributed by atoms with Gasteiger partial charge >= 0.3 is 5.97 Å². The van der Waals surface area contributed by atoms with Crippen LogP contribution in [0.4, 0.5) is 11.4 Å². The summed E-state index contributed by atoms with van der Waals surface area (Å²) in [6.45, 7) is 4.55. The summed E-state index contributed by atoms with van der Waals surface area (Å²) in [5, 5.41) is 2.68. The van der Waals surface area contributed by atoms with Gasteiger partial charge in [0, 0.05) is 0 Å². The monoisotopic (exact) mass is 479 g/mol. The largest absolute Gasteiger partial charge is 0.449 e. The van der Waals surface area contributed by atoms with E-state index in [2.05, 4.69) is 10.0 Å². The van der Waals surface area contributed by atoms with Crippen LogP contribution in [0.1, 0.15) is 31.1 Å². The number of hydrogen-bond donors (Lipinski definition) is 2. The van der Waals surface area contributed by atoms with E-state index in [0.29, 0.717) is 11.4 Å². The molecular weight excluding hydrogens is 458 g/mol. The zero-order valence-electron chi connectivity index (χ0n) is 17.8. The second-order valence-electron chi connectivity index (χ2n) is 7.60. The first kappa shape index (κ1) is 23.7. The Morgan fingerprint density at radius 1 is 1.19 bits per heavy atom. The quantitative estimate of drug-likeness (QED) is 0.635. The highest BCUT2D eigenvalue weighted by molar-refractivity contribution is 7.89. The lowest BCUT2D eigenvalue weighted by Gasteiger charge is -2.42. The fourth-order valence-corrected chi connectivity index (χ4v) is 4.50. The van der Waals surface area contributed by atoms with Gasteiger partial charge in [0.1, 0.15) is 10.4 Å². The predicted molar refractivity (Wildman–Crippen MR) is 119 cm³/mol. The molecule has 0 spiro atoms. The summed E-state index contributed by atoms with van der Waals surface area (Å²) in [6, 6.07) is 10.4. The van der Waals surface area contributed by atoms with Crippen molar-refractivity contribution in [2.45, 2.75) is 37.3 Å². The lowest BCUT2D eigenvalue weighted by molar-refractivity contribution is -0.131. The van der Waals surface area contributed by atoms with E-state index in [9.17, 15) is 22.8 Å². The molecule has 2 N–H and O–H groups in total. The molecule has 0 aliphatic carbocycles. The number of fused-ring (bicyclic) bond motifs is 1. The summed E-state index contributed by atoms with van der Waals surface area (Å²) in [6.07, 6.45) is -1.26. The fraction of sp³-hybridized carbons (Fsp3) is 0.286. The van der Waals surface area contributed by atoms with E-state index in [1.54, 1.807) is 38.1 Å². The molecular formula is C21H22ClN3O6S. The molecule has 0 fully saturated rings. The predicted octanol–water partition coefficient (Wildman–Crippen LogP) is 2.56. The van der Waals surface area contributed by atoms with Crippen LogP contribution >= 0.6 is 11.6 Å². The summed E-state index contributed by atoms with van der Waals surface area (Å²) in [5.74, 6) is -1.91. The van der Waals surface area contributed by atoms with Gasteiger partial charge in [0.15, 0.2) is 6.10 Å². The second-order valence-corrected chi connectivity index (χ2v) is 9.87. The topological polar surface area (TPSA) is 122 Å². The van der Waals surface area contributed by atoms with E-state index in [4.69, 9.17) is 16.3 Å². The molecule has 1 atom stereocenters. The van der Waals surface area contributed by atoms with Crippen molar-refractivity contribution < 1.29 is 27.5 Å². The molecule has 170 valence electrons. The number of rotatable bonds is 5. The molecule has 0 unspecified atom stereocenters. The van der Waals surface area contributed by atoms with Gasteiger partial charge in [0.25, 0.3) is 5.91 Å². The number of hydrogen-bond acceptors (Lipinski definition) is 6. The van der Waals surface area contributed by atoms with Crippen LogP contribution in [0.15, 0.2) is 47.4 Å². The lowest BCUT2D eigenvalue weighted by atomic mass is 9.95. The number of anilines is 2. The smallest absolute Gasteiger partial charge is 0.338 e. The maximum atomic E-state index is 13.3. The van der Waals surface area contributed by atoms with E-state index < -0.39 is 33.5 Å². The standard InChI is InChI=1S/C21H22ClN3O6S/c1-12(31-19(27)13-9-10-14(22)17(11-13)32(29,30)23-4)18(26)25-16-8-6-5-7-15(16)24-20(28)21(25,2)3/h5-12,23H,1-4H3,(H,24,28)/t12-/m0/s1. The molecule has 3 rings (SSSR count). The molecule has 11 heteroatoms. The van der Waals surface area contributed by atoms with Gasteiger partial charge in [0.05, 0.1) is 22.0 Å². The fourth-order valence-electron chi connectivity index (χ4n) is 3.25. The molecule has 0 bridgehead atoms. The van der Waals surface area contributed by atoms with E-state index in [0.717, 1.165) is 6.07 Å². The van der Waals surface area contributed by atoms with Crippen LogP contribution in [-0.4, -0.2) is 44.9 Å². The van der Waals surface area contributed by atoms with Crippen molar-refractivity contribution in [2.75, 3.05) is 17.3 Å². The molecule has 0 saturated carbocycles. The minimum Gasteiger partial charge on any atom is -0.449 e. The minimum absolute atomic E-state index is 0.0716. The highest BCUT2D eigenvalue weighted by Gasteiger charge is 2.45. The first-order valence-electron chi connectivity index (χ1n) is 9.58. The average Bonchev–Trinajstić information content (AvgIpc) is 2.74. The summed E-state index contributed by atoms with van der Waals surface area (Å²) < 4.78 is 31.7. The number of sulfonamides is 1. The number of carbonyl (C=O) groups excluding carboxylic acids is 3. The first-order valence-corrected chi connectivity index (χ1v) is 11.4. The van der Waals surface area contributed by atoms with Crippen LogP contribution < -0.4 is 14.9 Å². The van der Waals surface area contributed by atoms with Crippen LogP contribution in [0.25, 0.3) is 0 Å². The highest BCUT2D eigenvalue weighted by Crippen LogP contribution is 2.37. The summed E-state index contributed by atoms with van der Waals surface area (Å²) >= 11 is 5.94. The maximum absolute atomic E-state index is 13.3. The van der Waals surface area contributed by atoms with Crippen LogP contribution in [0.2, 0.25) is 5.02 Å². The van der Waals surface area contributed by atoms with Crippen molar-refractivity contribution in [3.63, 3.8) is 0 Å². The second kappa shape index (κ2) is 8.53. The highest BCUT2D eigenvalue weighted by atomic mass is 35.5. The Kier molecular flexibility index (Phi) is 6.32. The lowest BCUT2D eigenvalue weighted by Crippen LogP contribution is -2.60. The molecule has 0 aromatic heterocycles. The van der Waals surface area contributed by atoms with E-state index in [1.165, 1.54) is 31.0 Å². The SMILES string of the molecule is CNS(=O)(=O)c1cc(C(=O)O[C@@H](C)C(=O)N2c3ccccc3NC(=O)C2(C)C)ccc1Cl. The third kappa shape index (κ3) is 4.21. The number of halogens is 1. The van der Waals surface area contributed by atoms with Gasteiger partial charge in [-0.05, 0) is 58.2 Å². The van der Waals surface area contributed by atoms with Gasteiger partial charge in [-0.2, -0.15) is 0 Å². The van der Waals surface area contributed by atoms with Gasteiger partial charge in [-0.25, -0.2) is 17.9 Å². The van der Waals surface area contributed by atoms with Gasteiger partial charge in [0.2, 0.25) is 15.9 Å². The van der Waals surface area contributed by atoms with Gasteiger partial charge < -0.3 is 10.1 Å². The molecule has 2 aromatic carbocycles. The number of para-hydroxylation sites is 2. The van der Waals surface area contributed by atoms with E-state index >= 15 is 0 Å². The van der Waals surface area contributed by atoms with Crippen molar-refractivity contribution in [1.29, 1.82) is 0 Å². The average molecular weight is 480 g/mol. The van der Waals surface area contributed by atoms with Crippen LogP contribution in [0.5, 0.6) is 0 Å². The van der Waals surface area contributed by atoms with E-state index in [1.807, 2.05) is 0 Å². The summed E-state index contributed by atoms with van der Waals surface area (Å²) in [5.41, 5.74) is -0.401. The Balaban J connectivity index is 1.89. The molecule has 32 heavy (non-hydrogen) atoms. The first-order chi connectivity index (χ1) is 14.9. The van der Waals surface area contributed by atoms with Crippen molar-refractivity contribution in [3.8, 4) is 0 Å². The summed E-state index contributed by atoms with van der Waals surface area (Å²) in [7, 11) is -2.70. The van der Waals surface area contributed by atoms with Crippen LogP contribution in [-0.2, 0) is 24.3 Å². The van der Waals surface area contributed by atoms with E-state index in [-0.39, 0.29) is 21.4 Å². The Bertz CT molecular complexity index is 1210. The zero-order chi connectivity index (χ0) is 23.8. The summed E-state index contributed by atoms with van der Waals surface area (Å²) in [4.78, 5) is 39.5. The Morgan fingerprint density at radius 2 is 1.84 bits per heavy atom. The number of nitrogens with one attached hydrogen (secondary N) is 2. The van der Waals surface area contributed by atoms with Crippen molar-refractivity contribution in [1.82, 2.24) is 4.72 Å². The van der Waals surface area contributed by atoms with Gasteiger partial charge in [-0.15, -0.1) is 0 Å². The normalized spacial score (nSPS) is 16.0. The van der Waals surface area contributed by atoms with Crippen LogP contribution in [0, 0.1) is 0 Å². The minimum atomic E-state index is -3.91. The Labute approximate surface area is 190 Å². The molecule has 1 aliphatic rings. The number of ether oxygens (including phenoxy) is 1.